The Kier molecular flexibility index (Phi) is 4.04. The molecule has 2 aromatic rings. The molecule has 2 aromatic carbocycles. The summed E-state index contributed by atoms with van der Waals surface area (Å²) in [5.41, 5.74) is 2.35. The third-order valence-electron chi connectivity index (χ3n) is 2.52. The van der Waals surface area contributed by atoms with Crippen molar-refractivity contribution in [2.45, 2.75) is 6.92 Å². The second kappa shape index (κ2) is 5.55. The minimum Gasteiger partial charge on any atom is -0.322 e. The van der Waals surface area contributed by atoms with Crippen LogP contribution in [0, 0.1) is 6.92 Å². The van der Waals surface area contributed by atoms with Gasteiger partial charge in [0.15, 0.2) is 0 Å². The molecule has 0 heterocycles. The van der Waals surface area contributed by atoms with Crippen molar-refractivity contribution < 1.29 is 4.79 Å². The summed E-state index contributed by atoms with van der Waals surface area (Å²) in [7, 11) is 0. The van der Waals surface area contributed by atoms with Gasteiger partial charge in [-0.15, -0.1) is 0 Å². The Morgan fingerprint density at radius 3 is 2.61 bits per heavy atom. The van der Waals surface area contributed by atoms with Gasteiger partial charge in [0.1, 0.15) is 0 Å². The van der Waals surface area contributed by atoms with Gasteiger partial charge in [-0.25, -0.2) is 0 Å². The average Bonchev–Trinajstić information content (AvgIpc) is 2.31. The maximum Gasteiger partial charge on any atom is 0.255 e. The minimum absolute atomic E-state index is 0.174. The molecule has 0 fully saturated rings. The maximum atomic E-state index is 12.1. The van der Waals surface area contributed by atoms with Gasteiger partial charge < -0.3 is 5.32 Å². The van der Waals surface area contributed by atoms with Crippen molar-refractivity contribution in [2.24, 2.45) is 0 Å². The van der Waals surface area contributed by atoms with E-state index in [4.69, 9.17) is 11.6 Å². The van der Waals surface area contributed by atoms with Crippen LogP contribution < -0.4 is 5.32 Å². The molecule has 0 spiro atoms. The van der Waals surface area contributed by atoms with Gasteiger partial charge in [-0.2, -0.15) is 0 Å². The van der Waals surface area contributed by atoms with E-state index in [1.807, 2.05) is 31.2 Å². The van der Waals surface area contributed by atoms with Crippen LogP contribution >= 0.6 is 27.5 Å². The Morgan fingerprint density at radius 1 is 1.22 bits per heavy atom. The summed E-state index contributed by atoms with van der Waals surface area (Å²) in [6.07, 6.45) is 0. The summed E-state index contributed by atoms with van der Waals surface area (Å²) in [6.45, 7) is 1.95. The van der Waals surface area contributed by atoms with Gasteiger partial charge in [-0.3, -0.25) is 4.79 Å². The summed E-state index contributed by atoms with van der Waals surface area (Å²) in [5.74, 6) is -0.174. The highest BCUT2D eigenvalue weighted by molar-refractivity contribution is 9.10. The third kappa shape index (κ3) is 3.12. The summed E-state index contributed by atoms with van der Waals surface area (Å²) in [5, 5.41) is 3.39. The fourth-order valence-electron chi connectivity index (χ4n) is 1.59. The maximum absolute atomic E-state index is 12.1. The number of para-hydroxylation sites is 1. The molecule has 0 bridgehead atoms. The van der Waals surface area contributed by atoms with E-state index >= 15 is 0 Å². The number of carbonyl (C=O) groups is 1. The van der Waals surface area contributed by atoms with Crippen LogP contribution in [0.1, 0.15) is 15.9 Å². The van der Waals surface area contributed by atoms with Gasteiger partial charge in [0.2, 0.25) is 0 Å². The lowest BCUT2D eigenvalue weighted by molar-refractivity contribution is 0.102. The summed E-state index contributed by atoms with van der Waals surface area (Å²) in [6, 6.07) is 12.7. The van der Waals surface area contributed by atoms with Crippen LogP contribution in [-0.2, 0) is 0 Å². The number of anilines is 1. The van der Waals surface area contributed by atoms with Crippen LogP contribution in [0.2, 0.25) is 5.02 Å². The molecular formula is C14H11BrClNO. The number of hydrogen-bond acceptors (Lipinski definition) is 1. The molecule has 18 heavy (non-hydrogen) atoms. The van der Waals surface area contributed by atoms with E-state index in [-0.39, 0.29) is 5.91 Å². The molecule has 0 atom stereocenters. The number of benzene rings is 2. The first-order chi connectivity index (χ1) is 8.56. The van der Waals surface area contributed by atoms with E-state index in [9.17, 15) is 4.79 Å². The van der Waals surface area contributed by atoms with Crippen molar-refractivity contribution in [3.63, 3.8) is 0 Å². The monoisotopic (exact) mass is 323 g/mol. The molecule has 0 aromatic heterocycles. The molecule has 1 amide bonds. The van der Waals surface area contributed by atoms with Gasteiger partial charge in [0, 0.05) is 20.7 Å². The summed E-state index contributed by atoms with van der Waals surface area (Å²) in [4.78, 5) is 12.1. The predicted molar refractivity (Wildman–Crippen MR) is 78.3 cm³/mol. The fourth-order valence-corrected chi connectivity index (χ4v) is 2.45. The number of nitrogens with one attached hydrogen (secondary N) is 1. The van der Waals surface area contributed by atoms with Crippen molar-refractivity contribution >= 4 is 39.1 Å². The number of hydrogen-bond donors (Lipinski definition) is 1. The average molecular weight is 325 g/mol. The smallest absolute Gasteiger partial charge is 0.255 e. The first kappa shape index (κ1) is 13.1. The van der Waals surface area contributed by atoms with E-state index in [0.29, 0.717) is 10.6 Å². The molecule has 0 radical (unpaired) electrons. The van der Waals surface area contributed by atoms with Crippen LogP contribution in [0.5, 0.6) is 0 Å². The predicted octanol–water partition coefficient (Wildman–Crippen LogP) is 4.66. The summed E-state index contributed by atoms with van der Waals surface area (Å²) >= 11 is 9.24. The van der Waals surface area contributed by atoms with Crippen molar-refractivity contribution in [1.29, 1.82) is 0 Å². The lowest BCUT2D eigenvalue weighted by Crippen LogP contribution is -2.12. The van der Waals surface area contributed by atoms with Crippen LogP contribution in [0.15, 0.2) is 46.9 Å². The highest BCUT2D eigenvalue weighted by atomic mass is 79.9. The zero-order valence-corrected chi connectivity index (χ0v) is 12.0. The lowest BCUT2D eigenvalue weighted by Gasteiger charge is -2.08. The topological polar surface area (TPSA) is 29.1 Å². The van der Waals surface area contributed by atoms with Gasteiger partial charge in [-0.1, -0.05) is 45.7 Å². The van der Waals surface area contributed by atoms with Gasteiger partial charge in [0.05, 0.1) is 0 Å². The second-order valence-electron chi connectivity index (χ2n) is 3.93. The zero-order valence-electron chi connectivity index (χ0n) is 9.71. The summed E-state index contributed by atoms with van der Waals surface area (Å²) < 4.78 is 0.782. The van der Waals surface area contributed by atoms with Crippen LogP contribution in [0.3, 0.4) is 0 Å². The Hall–Kier alpha value is -1.32. The number of aryl methyl sites for hydroxylation is 1. The van der Waals surface area contributed by atoms with E-state index in [2.05, 4.69) is 21.2 Å². The van der Waals surface area contributed by atoms with Crippen LogP contribution in [0.4, 0.5) is 5.69 Å². The third-order valence-corrected chi connectivity index (χ3v) is 3.19. The second-order valence-corrected chi connectivity index (χ2v) is 5.28. The minimum atomic E-state index is -0.174. The Morgan fingerprint density at radius 2 is 1.94 bits per heavy atom. The van der Waals surface area contributed by atoms with Crippen molar-refractivity contribution in [1.82, 2.24) is 0 Å². The lowest BCUT2D eigenvalue weighted by atomic mass is 10.1. The largest absolute Gasteiger partial charge is 0.322 e. The van der Waals surface area contributed by atoms with Gasteiger partial charge in [-0.05, 0) is 36.8 Å². The number of amides is 1. The molecule has 0 saturated carbocycles. The van der Waals surface area contributed by atoms with Crippen molar-refractivity contribution in [2.75, 3.05) is 5.32 Å². The van der Waals surface area contributed by atoms with Crippen LogP contribution in [-0.4, -0.2) is 5.91 Å². The van der Waals surface area contributed by atoms with Crippen molar-refractivity contribution in [3.8, 4) is 0 Å². The standard InChI is InChI=1S/C14H11BrClNO/c1-9-4-2-3-5-13(9)17-14(18)10-6-11(15)8-12(16)7-10/h2-8H,1H3,(H,17,18). The molecule has 92 valence electrons. The first-order valence-electron chi connectivity index (χ1n) is 5.39. The van der Waals surface area contributed by atoms with E-state index < -0.39 is 0 Å². The molecule has 0 unspecified atom stereocenters. The molecule has 0 aliphatic heterocycles. The molecule has 2 nitrogen and oxygen atoms in total. The van der Waals surface area contributed by atoms with Gasteiger partial charge >= 0.3 is 0 Å². The molecule has 0 aliphatic carbocycles. The number of rotatable bonds is 2. The molecule has 2 rings (SSSR count). The van der Waals surface area contributed by atoms with E-state index in [0.717, 1.165) is 15.7 Å². The number of halogens is 2. The Bertz CT molecular complexity index is 578. The molecule has 1 N–H and O–H groups in total. The molecule has 0 aliphatic rings. The van der Waals surface area contributed by atoms with Crippen LogP contribution in [0.25, 0.3) is 0 Å². The molecule has 0 saturated heterocycles. The molecular weight excluding hydrogens is 314 g/mol. The normalized spacial score (nSPS) is 10.2. The van der Waals surface area contributed by atoms with E-state index in [1.165, 1.54) is 0 Å². The fraction of sp³-hybridized carbons (Fsp3) is 0.0714. The Labute approximate surface area is 119 Å². The molecule has 4 heteroatoms. The highest BCUT2D eigenvalue weighted by Crippen LogP contribution is 2.21. The van der Waals surface area contributed by atoms with E-state index in [1.54, 1.807) is 18.2 Å². The highest BCUT2D eigenvalue weighted by Gasteiger charge is 2.09. The quantitative estimate of drug-likeness (QED) is 0.855. The van der Waals surface area contributed by atoms with Gasteiger partial charge in [0.25, 0.3) is 5.91 Å². The Balaban J connectivity index is 2.25. The first-order valence-corrected chi connectivity index (χ1v) is 6.56. The SMILES string of the molecule is Cc1ccccc1NC(=O)c1cc(Cl)cc(Br)c1. The number of carbonyl (C=O) groups excluding carboxylic acids is 1. The van der Waals surface area contributed by atoms with Crippen molar-refractivity contribution in [3.05, 3.63) is 63.1 Å². The zero-order chi connectivity index (χ0) is 13.1.